The van der Waals surface area contributed by atoms with Crippen LogP contribution in [-0.2, 0) is 0 Å². The maximum atomic E-state index is 13.1. The Morgan fingerprint density at radius 1 is 1.04 bits per heavy atom. The smallest absolute Gasteiger partial charge is 0.324 e. The van der Waals surface area contributed by atoms with Gasteiger partial charge in [0.15, 0.2) is 0 Å². The maximum absolute atomic E-state index is 13.1. The number of urea groups is 1. The van der Waals surface area contributed by atoms with Gasteiger partial charge in [-0.1, -0.05) is 42.5 Å². The summed E-state index contributed by atoms with van der Waals surface area (Å²) >= 11 is 1.28. The van der Waals surface area contributed by atoms with Crippen LogP contribution in [0.5, 0.6) is 0 Å². The van der Waals surface area contributed by atoms with Crippen LogP contribution in [0.3, 0.4) is 0 Å². The highest BCUT2D eigenvalue weighted by atomic mass is 35.5. The Labute approximate surface area is 179 Å². The monoisotopic (exact) mass is 420 g/mol. The maximum Gasteiger partial charge on any atom is 0.324 e. The van der Waals surface area contributed by atoms with E-state index >= 15 is 0 Å². The van der Waals surface area contributed by atoms with Crippen molar-refractivity contribution in [3.8, 4) is 0 Å². The molecule has 0 bridgehead atoms. The van der Waals surface area contributed by atoms with Crippen LogP contribution in [0.25, 0.3) is 0 Å². The Hall–Kier alpha value is -1.69. The molecule has 0 N–H and O–H groups in total. The molecule has 1 aliphatic rings. The predicted octanol–water partition coefficient (Wildman–Crippen LogP) is 4.89. The van der Waals surface area contributed by atoms with Crippen molar-refractivity contribution >= 4 is 35.9 Å². The van der Waals surface area contributed by atoms with E-state index in [4.69, 9.17) is 0 Å². The third kappa shape index (κ3) is 5.66. The lowest BCUT2D eigenvalue weighted by Crippen LogP contribution is -2.44. The standard InChI is InChI=1S/C22H30N3OS.ClH/c1-23(2)16-17-24(3)22(26)25-15-9-14-20(18-10-5-4-6-11-18)27-21-13-8-7-12-19(21)25;/h4-8,10-13,20,27H,9,14-17H2,1-3H3;1H. The molecule has 0 aliphatic carbocycles. The zero-order chi connectivity index (χ0) is 19.2. The summed E-state index contributed by atoms with van der Waals surface area (Å²) in [6.45, 7) is 2.36. The van der Waals surface area contributed by atoms with Crippen molar-refractivity contribution in [2.24, 2.45) is 0 Å². The molecule has 0 saturated carbocycles. The molecule has 1 atom stereocenters. The van der Waals surface area contributed by atoms with Gasteiger partial charge in [-0.15, -0.1) is 12.4 Å². The van der Waals surface area contributed by atoms with Gasteiger partial charge in [0, 0.05) is 36.8 Å². The first-order valence-corrected chi connectivity index (χ1v) is 10.5. The quantitative estimate of drug-likeness (QED) is 0.713. The fourth-order valence-corrected chi connectivity index (χ4v) is 4.83. The molecule has 0 aromatic heterocycles. The number of amides is 2. The molecular formula is C22H31ClN3OS. The van der Waals surface area contributed by atoms with Crippen molar-refractivity contribution in [1.29, 1.82) is 0 Å². The van der Waals surface area contributed by atoms with Crippen molar-refractivity contribution in [1.82, 2.24) is 9.80 Å². The van der Waals surface area contributed by atoms with E-state index in [-0.39, 0.29) is 18.4 Å². The van der Waals surface area contributed by atoms with Crippen LogP contribution in [0.2, 0.25) is 0 Å². The third-order valence-corrected chi connectivity index (χ3v) is 6.48. The molecule has 1 aliphatic heterocycles. The van der Waals surface area contributed by atoms with E-state index in [2.05, 4.69) is 53.4 Å². The van der Waals surface area contributed by atoms with Crippen LogP contribution < -0.4 is 4.90 Å². The summed E-state index contributed by atoms with van der Waals surface area (Å²) in [7, 11) is 5.97. The Balaban J connectivity index is 0.00000280. The third-order valence-electron chi connectivity index (χ3n) is 4.95. The first kappa shape index (κ1) is 22.6. The largest absolute Gasteiger partial charge is 0.326 e. The van der Waals surface area contributed by atoms with Gasteiger partial charge in [-0.05, 0) is 44.6 Å². The number of halogens is 1. The van der Waals surface area contributed by atoms with Crippen LogP contribution in [0.4, 0.5) is 10.5 Å². The topological polar surface area (TPSA) is 26.8 Å². The number of rotatable bonds is 4. The summed E-state index contributed by atoms with van der Waals surface area (Å²) in [5, 5.41) is 0.482. The molecule has 28 heavy (non-hydrogen) atoms. The summed E-state index contributed by atoms with van der Waals surface area (Å²) in [5.74, 6) is 0. The molecule has 0 spiro atoms. The van der Waals surface area contributed by atoms with E-state index in [0.29, 0.717) is 5.25 Å². The van der Waals surface area contributed by atoms with Gasteiger partial charge < -0.3 is 9.80 Å². The minimum absolute atomic E-state index is 0. The van der Waals surface area contributed by atoms with E-state index in [0.717, 1.165) is 38.2 Å². The number of carbonyl (C=O) groups excluding carboxylic acids is 1. The molecule has 1 heterocycles. The Kier molecular flexibility index (Phi) is 8.67. The highest BCUT2D eigenvalue weighted by molar-refractivity contribution is 7.99. The van der Waals surface area contributed by atoms with Crippen LogP contribution in [0, 0.1) is 0 Å². The molecule has 2 amide bonds. The summed E-state index contributed by atoms with van der Waals surface area (Å²) < 4.78 is 0. The van der Waals surface area contributed by atoms with E-state index in [9.17, 15) is 4.79 Å². The zero-order valence-electron chi connectivity index (χ0n) is 16.9. The lowest BCUT2D eigenvalue weighted by Gasteiger charge is -2.33. The highest BCUT2D eigenvalue weighted by Crippen LogP contribution is 2.44. The van der Waals surface area contributed by atoms with Crippen molar-refractivity contribution in [2.75, 3.05) is 45.7 Å². The molecule has 1 unspecified atom stereocenters. The molecule has 0 fully saturated rings. The van der Waals surface area contributed by atoms with E-state index in [1.165, 1.54) is 22.2 Å². The summed E-state index contributed by atoms with van der Waals surface area (Å²) in [6, 6.07) is 19.2. The minimum atomic E-state index is 0. The predicted molar refractivity (Wildman–Crippen MR) is 123 cm³/mol. The van der Waals surface area contributed by atoms with E-state index in [1.54, 1.807) is 0 Å². The lowest BCUT2D eigenvalue weighted by molar-refractivity contribution is 0.210. The number of nitrogens with zero attached hydrogens (tertiary/aromatic N) is 3. The molecule has 1 radical (unpaired) electrons. The number of likely N-dealkylation sites (N-methyl/N-ethyl adjacent to an activating group) is 2. The number of carbonyl (C=O) groups is 1. The minimum Gasteiger partial charge on any atom is -0.326 e. The van der Waals surface area contributed by atoms with Crippen LogP contribution in [0.1, 0.15) is 23.7 Å². The first-order chi connectivity index (χ1) is 13.1. The Bertz CT molecular complexity index is 756. The number of hydrogen-bond acceptors (Lipinski definition) is 2. The zero-order valence-corrected chi connectivity index (χ0v) is 18.6. The summed E-state index contributed by atoms with van der Waals surface area (Å²) in [5.41, 5.74) is 2.44. The van der Waals surface area contributed by atoms with E-state index < -0.39 is 0 Å². The van der Waals surface area contributed by atoms with Gasteiger partial charge in [-0.25, -0.2) is 4.79 Å². The second-order valence-electron chi connectivity index (χ2n) is 7.35. The normalized spacial score (nSPS) is 16.6. The summed E-state index contributed by atoms with van der Waals surface area (Å²) in [6.07, 6.45) is 2.10. The number of fused-ring (bicyclic) bond motifs is 1. The lowest BCUT2D eigenvalue weighted by atomic mass is 10.1. The molecule has 153 valence electrons. The number of para-hydroxylation sites is 1. The Morgan fingerprint density at radius 2 is 1.71 bits per heavy atom. The van der Waals surface area contributed by atoms with Crippen molar-refractivity contribution in [3.63, 3.8) is 0 Å². The second-order valence-corrected chi connectivity index (χ2v) is 8.71. The summed E-state index contributed by atoms with van der Waals surface area (Å²) in [4.78, 5) is 20.3. The van der Waals surface area contributed by atoms with Crippen molar-refractivity contribution in [2.45, 2.75) is 23.0 Å². The highest BCUT2D eigenvalue weighted by Gasteiger charge is 2.25. The fourth-order valence-electron chi connectivity index (χ4n) is 3.36. The number of hydrogen-bond donors (Lipinski definition) is 1. The average molecular weight is 421 g/mol. The Morgan fingerprint density at radius 3 is 2.43 bits per heavy atom. The van der Waals surface area contributed by atoms with Gasteiger partial charge in [0.2, 0.25) is 0 Å². The van der Waals surface area contributed by atoms with Gasteiger partial charge in [0.05, 0.1) is 5.69 Å². The van der Waals surface area contributed by atoms with Gasteiger partial charge >= 0.3 is 6.03 Å². The SMILES string of the molecule is CN(C)CCN(C)C(=O)N1CCCC(c2ccccc2)[SH]c2ccccc21.Cl. The van der Waals surface area contributed by atoms with Crippen LogP contribution in [-0.4, -0.2) is 56.6 Å². The van der Waals surface area contributed by atoms with Crippen molar-refractivity contribution in [3.05, 3.63) is 60.2 Å². The van der Waals surface area contributed by atoms with Gasteiger partial charge in [-0.3, -0.25) is 4.90 Å². The number of thiol groups is 1. The molecule has 6 heteroatoms. The van der Waals surface area contributed by atoms with Gasteiger partial charge in [0.1, 0.15) is 0 Å². The molecule has 2 aromatic carbocycles. The number of anilines is 1. The average Bonchev–Trinajstić information content (AvgIpc) is 2.67. The fraction of sp³-hybridized carbons (Fsp3) is 0.409. The second kappa shape index (κ2) is 10.7. The van der Waals surface area contributed by atoms with Gasteiger partial charge in [0.25, 0.3) is 0 Å². The van der Waals surface area contributed by atoms with E-state index in [1.807, 2.05) is 37.0 Å². The first-order valence-electron chi connectivity index (χ1n) is 9.58. The molecule has 2 aromatic rings. The number of benzene rings is 2. The van der Waals surface area contributed by atoms with Crippen molar-refractivity contribution < 1.29 is 4.79 Å². The van der Waals surface area contributed by atoms with Crippen LogP contribution >= 0.6 is 24.2 Å². The van der Waals surface area contributed by atoms with Crippen LogP contribution in [0.15, 0.2) is 59.5 Å². The molecule has 0 saturated heterocycles. The molecule has 4 nitrogen and oxygen atoms in total. The van der Waals surface area contributed by atoms with Gasteiger partial charge in [-0.2, -0.15) is 11.8 Å². The molecule has 3 rings (SSSR count). The molecular weight excluding hydrogens is 390 g/mol.